The SMILES string of the molecule is CC(C)(C)C1CCC(C(O)c2ccc3c(c2)CCO3)CC1. The Balaban J connectivity index is 1.65. The van der Waals surface area contributed by atoms with Gasteiger partial charge >= 0.3 is 0 Å². The smallest absolute Gasteiger partial charge is 0.122 e. The lowest BCUT2D eigenvalue weighted by molar-refractivity contribution is 0.0528. The normalized spacial score (nSPS) is 27.0. The summed E-state index contributed by atoms with van der Waals surface area (Å²) in [4.78, 5) is 0. The van der Waals surface area contributed by atoms with E-state index in [9.17, 15) is 5.11 Å². The molecule has 1 heterocycles. The highest BCUT2D eigenvalue weighted by Gasteiger charge is 2.33. The second kappa shape index (κ2) is 5.64. The van der Waals surface area contributed by atoms with Crippen LogP contribution in [0.25, 0.3) is 0 Å². The summed E-state index contributed by atoms with van der Waals surface area (Å²) in [7, 11) is 0. The van der Waals surface area contributed by atoms with Crippen molar-refractivity contribution in [1.29, 1.82) is 0 Å². The highest BCUT2D eigenvalue weighted by atomic mass is 16.5. The Morgan fingerprint density at radius 1 is 1.14 bits per heavy atom. The van der Waals surface area contributed by atoms with Gasteiger partial charge in [-0.15, -0.1) is 0 Å². The highest BCUT2D eigenvalue weighted by molar-refractivity contribution is 5.40. The van der Waals surface area contributed by atoms with E-state index in [1.165, 1.54) is 18.4 Å². The van der Waals surface area contributed by atoms with Crippen molar-refractivity contribution in [3.63, 3.8) is 0 Å². The van der Waals surface area contributed by atoms with Gasteiger partial charge in [0.2, 0.25) is 0 Å². The molecule has 1 N–H and O–H groups in total. The minimum atomic E-state index is -0.309. The minimum absolute atomic E-state index is 0.309. The molecular weight excluding hydrogens is 260 g/mol. The fourth-order valence-corrected chi connectivity index (χ4v) is 3.96. The summed E-state index contributed by atoms with van der Waals surface area (Å²) in [5, 5.41) is 10.7. The van der Waals surface area contributed by atoms with Gasteiger partial charge in [0.05, 0.1) is 12.7 Å². The molecule has 1 aliphatic heterocycles. The standard InChI is InChI=1S/C19H28O2/c1-19(2,3)16-7-4-13(5-8-16)18(20)15-6-9-17-14(12-15)10-11-21-17/h6,9,12-13,16,18,20H,4-5,7-8,10-11H2,1-3H3. The van der Waals surface area contributed by atoms with Crippen LogP contribution in [0.15, 0.2) is 18.2 Å². The topological polar surface area (TPSA) is 29.5 Å². The Labute approximate surface area is 128 Å². The Morgan fingerprint density at radius 2 is 1.86 bits per heavy atom. The van der Waals surface area contributed by atoms with Crippen LogP contribution in [0.4, 0.5) is 0 Å². The van der Waals surface area contributed by atoms with Gasteiger partial charge in [0.15, 0.2) is 0 Å². The van der Waals surface area contributed by atoms with Crippen LogP contribution in [-0.2, 0) is 6.42 Å². The van der Waals surface area contributed by atoms with Crippen LogP contribution in [0.1, 0.15) is 63.7 Å². The Kier molecular flexibility index (Phi) is 4.00. The lowest BCUT2D eigenvalue weighted by Gasteiger charge is -2.38. The lowest BCUT2D eigenvalue weighted by Crippen LogP contribution is -2.28. The van der Waals surface area contributed by atoms with Gasteiger partial charge in [0, 0.05) is 6.42 Å². The highest BCUT2D eigenvalue weighted by Crippen LogP contribution is 2.43. The summed E-state index contributed by atoms with van der Waals surface area (Å²) >= 11 is 0. The number of rotatable bonds is 2. The van der Waals surface area contributed by atoms with Crippen molar-refractivity contribution in [1.82, 2.24) is 0 Å². The second-order valence-corrected chi connectivity index (χ2v) is 7.89. The van der Waals surface area contributed by atoms with Gasteiger partial charge in [-0.1, -0.05) is 26.8 Å². The molecule has 0 saturated heterocycles. The zero-order chi connectivity index (χ0) is 15.0. The van der Waals surface area contributed by atoms with E-state index in [-0.39, 0.29) is 6.10 Å². The van der Waals surface area contributed by atoms with E-state index in [0.29, 0.717) is 11.3 Å². The maximum atomic E-state index is 10.7. The molecule has 2 aliphatic rings. The Hall–Kier alpha value is -1.02. The van der Waals surface area contributed by atoms with Crippen molar-refractivity contribution < 1.29 is 9.84 Å². The van der Waals surface area contributed by atoms with Gasteiger partial charge in [-0.05, 0) is 66.2 Å². The van der Waals surface area contributed by atoms with E-state index >= 15 is 0 Å². The molecule has 116 valence electrons. The van der Waals surface area contributed by atoms with Crippen LogP contribution < -0.4 is 4.74 Å². The summed E-state index contributed by atoms with van der Waals surface area (Å²) in [5.74, 6) is 2.22. The molecule has 1 aromatic carbocycles. The van der Waals surface area contributed by atoms with Crippen LogP contribution in [0.3, 0.4) is 0 Å². The molecule has 3 rings (SSSR count). The summed E-state index contributed by atoms with van der Waals surface area (Å²) in [6, 6.07) is 6.23. The third-order valence-electron chi connectivity index (χ3n) is 5.50. The van der Waals surface area contributed by atoms with Crippen LogP contribution >= 0.6 is 0 Å². The molecule has 1 atom stereocenters. The minimum Gasteiger partial charge on any atom is -0.493 e. The van der Waals surface area contributed by atoms with Crippen molar-refractivity contribution in [3.05, 3.63) is 29.3 Å². The number of fused-ring (bicyclic) bond motifs is 1. The lowest BCUT2D eigenvalue weighted by atomic mass is 9.68. The van der Waals surface area contributed by atoms with E-state index in [0.717, 1.165) is 43.1 Å². The molecule has 0 amide bonds. The van der Waals surface area contributed by atoms with Gasteiger partial charge in [-0.25, -0.2) is 0 Å². The van der Waals surface area contributed by atoms with E-state index < -0.39 is 0 Å². The number of ether oxygens (including phenoxy) is 1. The quantitative estimate of drug-likeness (QED) is 0.867. The molecule has 0 radical (unpaired) electrons. The Morgan fingerprint density at radius 3 is 2.52 bits per heavy atom. The summed E-state index contributed by atoms with van der Waals surface area (Å²) in [6.07, 6.45) is 5.47. The maximum Gasteiger partial charge on any atom is 0.122 e. The predicted octanol–water partition coefficient (Wildman–Crippen LogP) is 4.51. The average Bonchev–Trinajstić information content (AvgIpc) is 2.93. The van der Waals surface area contributed by atoms with Crippen LogP contribution in [0.5, 0.6) is 5.75 Å². The molecule has 0 bridgehead atoms. The van der Waals surface area contributed by atoms with Crippen molar-refractivity contribution in [2.45, 2.75) is 59.0 Å². The number of benzene rings is 1. The van der Waals surface area contributed by atoms with Gasteiger partial charge in [0.25, 0.3) is 0 Å². The molecule has 0 aromatic heterocycles. The molecule has 1 saturated carbocycles. The van der Waals surface area contributed by atoms with Gasteiger partial charge in [-0.3, -0.25) is 0 Å². The van der Waals surface area contributed by atoms with Crippen molar-refractivity contribution >= 4 is 0 Å². The van der Waals surface area contributed by atoms with Crippen LogP contribution in [-0.4, -0.2) is 11.7 Å². The maximum absolute atomic E-state index is 10.7. The summed E-state index contributed by atoms with van der Waals surface area (Å²) in [5.41, 5.74) is 2.74. The first-order valence-electron chi connectivity index (χ1n) is 8.39. The molecule has 1 fully saturated rings. The van der Waals surface area contributed by atoms with Crippen LogP contribution in [0, 0.1) is 17.3 Å². The zero-order valence-electron chi connectivity index (χ0n) is 13.6. The van der Waals surface area contributed by atoms with E-state index in [2.05, 4.69) is 26.8 Å². The van der Waals surface area contributed by atoms with Crippen molar-refractivity contribution in [2.24, 2.45) is 17.3 Å². The predicted molar refractivity (Wildman–Crippen MR) is 85.5 cm³/mol. The molecule has 2 nitrogen and oxygen atoms in total. The Bertz CT molecular complexity index is 493. The molecular formula is C19H28O2. The average molecular weight is 288 g/mol. The molecule has 21 heavy (non-hydrogen) atoms. The van der Waals surface area contributed by atoms with E-state index in [1.807, 2.05) is 12.1 Å². The molecule has 1 aromatic rings. The monoisotopic (exact) mass is 288 g/mol. The first-order chi connectivity index (χ1) is 9.95. The van der Waals surface area contributed by atoms with Crippen molar-refractivity contribution in [3.8, 4) is 5.75 Å². The fourth-order valence-electron chi connectivity index (χ4n) is 3.96. The third-order valence-corrected chi connectivity index (χ3v) is 5.50. The molecule has 0 spiro atoms. The molecule has 1 aliphatic carbocycles. The molecule has 2 heteroatoms. The van der Waals surface area contributed by atoms with Gasteiger partial charge in [0.1, 0.15) is 5.75 Å². The number of aliphatic hydroxyl groups excluding tert-OH is 1. The van der Waals surface area contributed by atoms with E-state index in [1.54, 1.807) is 0 Å². The van der Waals surface area contributed by atoms with Crippen molar-refractivity contribution in [2.75, 3.05) is 6.61 Å². The van der Waals surface area contributed by atoms with E-state index in [4.69, 9.17) is 4.74 Å². The number of aliphatic hydroxyl groups is 1. The van der Waals surface area contributed by atoms with Gasteiger partial charge in [-0.2, -0.15) is 0 Å². The zero-order valence-corrected chi connectivity index (χ0v) is 13.6. The van der Waals surface area contributed by atoms with Gasteiger partial charge < -0.3 is 9.84 Å². The fraction of sp³-hybridized carbons (Fsp3) is 0.684. The molecule has 1 unspecified atom stereocenters. The first kappa shape index (κ1) is 14.9. The number of hydrogen-bond donors (Lipinski definition) is 1. The number of hydrogen-bond acceptors (Lipinski definition) is 2. The second-order valence-electron chi connectivity index (χ2n) is 7.89. The largest absolute Gasteiger partial charge is 0.493 e. The first-order valence-corrected chi connectivity index (χ1v) is 8.39. The third kappa shape index (κ3) is 3.11. The summed E-state index contributed by atoms with van der Waals surface area (Å²) in [6.45, 7) is 7.81. The summed E-state index contributed by atoms with van der Waals surface area (Å²) < 4.78 is 5.55. The van der Waals surface area contributed by atoms with Crippen LogP contribution in [0.2, 0.25) is 0 Å².